The molecule has 1 aromatic carbocycles. The lowest BCUT2D eigenvalue weighted by atomic mass is 9.44. The lowest BCUT2D eigenvalue weighted by Crippen LogP contribution is -2.82. The van der Waals surface area contributed by atoms with Gasteiger partial charge in [-0.15, -0.1) is 0 Å². The molecule has 42 heavy (non-hydrogen) atoms. The number of benzene rings is 1. The Kier molecular flexibility index (Phi) is 7.38. The summed E-state index contributed by atoms with van der Waals surface area (Å²) in [5.41, 5.74) is -5.84. The zero-order chi connectivity index (χ0) is 31.0. The molecule has 0 aromatic heterocycles. The molecule has 4 aliphatic rings. The Morgan fingerprint density at radius 1 is 0.976 bits per heavy atom. The first-order chi connectivity index (χ1) is 19.5. The van der Waals surface area contributed by atoms with Gasteiger partial charge in [-0.3, -0.25) is 9.59 Å². The predicted octanol–water partition coefficient (Wildman–Crippen LogP) is 1.44. The number of carbonyl (C=O) groups excluding carboxylic acids is 3. The van der Waals surface area contributed by atoms with E-state index in [0.29, 0.717) is 5.57 Å². The summed E-state index contributed by atoms with van der Waals surface area (Å²) in [6, 6.07) is 8.12. The smallest absolute Gasteiger partial charge is 0.338 e. The van der Waals surface area contributed by atoms with Crippen LogP contribution in [0.3, 0.4) is 0 Å². The topological polar surface area (TPSA) is 169 Å². The van der Waals surface area contributed by atoms with Crippen LogP contribution in [-0.4, -0.2) is 92.8 Å². The SMILES string of the molecule is CC(=O)O[C@H]1C2=C(C)[C@@H](O)C[C@@](O)([C@@H](OC(=O)c3ccccc3)[C@@H]3[C@]4(OC(C)=O)CO[C@@H]4C[C@H](O)[C@@]3(C)[C@H]1O)C2(C)C. The van der Waals surface area contributed by atoms with E-state index in [2.05, 4.69) is 0 Å². The molecule has 230 valence electrons. The third-order valence-corrected chi connectivity index (χ3v) is 10.4. The molecule has 4 N–H and O–H groups in total. The van der Waals surface area contributed by atoms with Gasteiger partial charge in [0.05, 0.1) is 30.3 Å². The second-order valence-corrected chi connectivity index (χ2v) is 13.0. The first-order valence-corrected chi connectivity index (χ1v) is 14.2. The van der Waals surface area contributed by atoms with Crippen molar-refractivity contribution in [2.45, 2.75) is 102 Å². The minimum absolute atomic E-state index is 0.0496. The van der Waals surface area contributed by atoms with Crippen molar-refractivity contribution in [2.24, 2.45) is 16.7 Å². The van der Waals surface area contributed by atoms with Crippen molar-refractivity contribution in [3.63, 3.8) is 0 Å². The zero-order valence-electron chi connectivity index (χ0n) is 24.7. The Labute approximate surface area is 244 Å². The van der Waals surface area contributed by atoms with Crippen LogP contribution >= 0.6 is 0 Å². The Balaban J connectivity index is 1.83. The van der Waals surface area contributed by atoms with Crippen LogP contribution in [0.2, 0.25) is 0 Å². The van der Waals surface area contributed by atoms with E-state index in [0.717, 1.165) is 0 Å². The summed E-state index contributed by atoms with van der Waals surface area (Å²) in [7, 11) is 0. The average Bonchev–Trinajstić information content (AvgIpc) is 2.90. The van der Waals surface area contributed by atoms with Gasteiger partial charge >= 0.3 is 17.9 Å². The van der Waals surface area contributed by atoms with Crippen LogP contribution in [0, 0.1) is 16.7 Å². The minimum atomic E-state index is -2.07. The van der Waals surface area contributed by atoms with Gasteiger partial charge in [0.2, 0.25) is 0 Å². The molecule has 3 fully saturated rings. The van der Waals surface area contributed by atoms with Crippen LogP contribution in [0.15, 0.2) is 41.5 Å². The van der Waals surface area contributed by atoms with Crippen molar-refractivity contribution in [3.8, 4) is 0 Å². The zero-order valence-corrected chi connectivity index (χ0v) is 24.7. The second kappa shape index (κ2) is 10.1. The maximum Gasteiger partial charge on any atom is 0.338 e. The molecule has 0 spiro atoms. The first-order valence-electron chi connectivity index (χ1n) is 14.2. The normalized spacial score (nSPS) is 42.1. The van der Waals surface area contributed by atoms with Crippen molar-refractivity contribution in [2.75, 3.05) is 6.61 Å². The van der Waals surface area contributed by atoms with Crippen molar-refractivity contribution in [3.05, 3.63) is 47.0 Å². The summed E-state index contributed by atoms with van der Waals surface area (Å²) in [6.45, 7) is 8.75. The molecule has 5 rings (SSSR count). The fourth-order valence-corrected chi connectivity index (χ4v) is 8.15. The van der Waals surface area contributed by atoms with Gasteiger partial charge in [0.15, 0.2) is 11.7 Å². The van der Waals surface area contributed by atoms with Crippen LogP contribution in [0.1, 0.15) is 64.7 Å². The number of esters is 3. The number of aliphatic hydroxyl groups is 4. The predicted molar refractivity (Wildman–Crippen MR) is 146 cm³/mol. The summed E-state index contributed by atoms with van der Waals surface area (Å²) in [5.74, 6) is -3.46. The summed E-state index contributed by atoms with van der Waals surface area (Å²) in [4.78, 5) is 38.7. The molecule has 3 aliphatic carbocycles. The summed E-state index contributed by atoms with van der Waals surface area (Å²) < 4.78 is 23.7. The van der Waals surface area contributed by atoms with Gasteiger partial charge in [-0.1, -0.05) is 39.0 Å². The Morgan fingerprint density at radius 2 is 1.62 bits per heavy atom. The van der Waals surface area contributed by atoms with Crippen LogP contribution in [0.5, 0.6) is 0 Å². The molecule has 10 atom stereocenters. The monoisotopic (exact) mass is 588 g/mol. The quantitative estimate of drug-likeness (QED) is 0.228. The molecular formula is C31H40O11. The van der Waals surface area contributed by atoms with Gasteiger partial charge in [0, 0.05) is 37.5 Å². The average molecular weight is 589 g/mol. The first kappa shape index (κ1) is 30.6. The van der Waals surface area contributed by atoms with E-state index in [-0.39, 0.29) is 30.6 Å². The molecule has 0 unspecified atom stereocenters. The number of fused-ring (bicyclic) bond motifs is 5. The van der Waals surface area contributed by atoms with E-state index in [4.69, 9.17) is 18.9 Å². The molecule has 0 radical (unpaired) electrons. The molecule has 11 heteroatoms. The highest BCUT2D eigenvalue weighted by Gasteiger charge is 2.78. The highest BCUT2D eigenvalue weighted by atomic mass is 16.6. The molecule has 1 heterocycles. The van der Waals surface area contributed by atoms with Crippen LogP contribution < -0.4 is 0 Å². The van der Waals surface area contributed by atoms with Gasteiger partial charge in [-0.25, -0.2) is 4.79 Å². The Morgan fingerprint density at radius 3 is 2.17 bits per heavy atom. The lowest BCUT2D eigenvalue weighted by Gasteiger charge is -2.69. The van der Waals surface area contributed by atoms with Crippen molar-refractivity contribution < 1.29 is 53.8 Å². The number of ether oxygens (including phenoxy) is 4. The standard InChI is InChI=1S/C31H40O11/c1-15-19(34)13-31(38)26(41-27(37)18-10-8-7-9-11-18)24-29(6,20(35)12-21-30(24,14-39-21)42-17(3)33)25(36)23(40-16(2)32)22(15)28(31,4)5/h7-11,19-21,23-26,34-36,38H,12-14H2,1-6H3/t19-,20-,21+,23-,24-,25-,26-,29+,30-,31+/m0/s1. The van der Waals surface area contributed by atoms with E-state index < -0.39 is 82.5 Å². The maximum atomic E-state index is 13.7. The highest BCUT2D eigenvalue weighted by molar-refractivity contribution is 5.89. The van der Waals surface area contributed by atoms with E-state index in [1.165, 1.54) is 13.8 Å². The Hall–Kier alpha value is -2.83. The Bertz CT molecular complexity index is 1310. The third-order valence-electron chi connectivity index (χ3n) is 10.4. The van der Waals surface area contributed by atoms with Gasteiger partial charge < -0.3 is 39.4 Å². The van der Waals surface area contributed by atoms with Gasteiger partial charge in [-0.2, -0.15) is 0 Å². The van der Waals surface area contributed by atoms with Crippen molar-refractivity contribution >= 4 is 17.9 Å². The largest absolute Gasteiger partial charge is 0.455 e. The fourth-order valence-electron chi connectivity index (χ4n) is 8.15. The summed E-state index contributed by atoms with van der Waals surface area (Å²) >= 11 is 0. The molecule has 11 nitrogen and oxygen atoms in total. The minimum Gasteiger partial charge on any atom is -0.455 e. The molecule has 1 aromatic rings. The number of rotatable bonds is 4. The molecule has 0 amide bonds. The van der Waals surface area contributed by atoms with Crippen molar-refractivity contribution in [1.29, 1.82) is 0 Å². The van der Waals surface area contributed by atoms with E-state index in [9.17, 15) is 34.8 Å². The summed E-state index contributed by atoms with van der Waals surface area (Å²) in [6.07, 6.45) is -8.39. The molecule has 2 bridgehead atoms. The highest BCUT2D eigenvalue weighted by Crippen LogP contribution is 2.65. The number of carbonyl (C=O) groups is 3. The van der Waals surface area contributed by atoms with Crippen LogP contribution in [0.25, 0.3) is 0 Å². The number of hydrogen-bond acceptors (Lipinski definition) is 11. The third kappa shape index (κ3) is 4.16. The number of hydrogen-bond donors (Lipinski definition) is 4. The van der Waals surface area contributed by atoms with Crippen LogP contribution in [0.4, 0.5) is 0 Å². The van der Waals surface area contributed by atoms with Crippen LogP contribution in [-0.2, 0) is 28.5 Å². The maximum absolute atomic E-state index is 13.7. The van der Waals surface area contributed by atoms with E-state index in [1.807, 2.05) is 0 Å². The van der Waals surface area contributed by atoms with Gasteiger partial charge in [0.1, 0.15) is 23.9 Å². The van der Waals surface area contributed by atoms with E-state index >= 15 is 0 Å². The number of aliphatic hydroxyl groups excluding tert-OH is 3. The molecular weight excluding hydrogens is 548 g/mol. The lowest BCUT2D eigenvalue weighted by molar-refractivity contribution is -0.365. The molecule has 1 saturated heterocycles. The molecule has 2 saturated carbocycles. The summed E-state index contributed by atoms with van der Waals surface area (Å²) in [5, 5.41) is 48.2. The van der Waals surface area contributed by atoms with Crippen molar-refractivity contribution in [1.82, 2.24) is 0 Å². The fraction of sp³-hybridized carbons (Fsp3) is 0.645. The van der Waals surface area contributed by atoms with Gasteiger partial charge in [-0.05, 0) is 30.2 Å². The van der Waals surface area contributed by atoms with Gasteiger partial charge in [0.25, 0.3) is 0 Å². The molecule has 1 aliphatic heterocycles. The van der Waals surface area contributed by atoms with E-state index in [1.54, 1.807) is 58.0 Å². The second-order valence-electron chi connectivity index (χ2n) is 13.0.